The normalized spacial score (nSPS) is 11.1. The first-order valence-electron chi connectivity index (χ1n) is 4.86. The van der Waals surface area contributed by atoms with Crippen LogP contribution in [0.3, 0.4) is 0 Å². The van der Waals surface area contributed by atoms with Crippen LogP contribution in [0, 0.1) is 5.41 Å². The van der Waals surface area contributed by atoms with E-state index < -0.39 is 0 Å². The van der Waals surface area contributed by atoms with Gasteiger partial charge in [-0.2, -0.15) is 0 Å². The monoisotopic (exact) mass is 208 g/mol. The Balaban J connectivity index is 2.59. The lowest BCUT2D eigenvalue weighted by Crippen LogP contribution is -2.17. The van der Waals surface area contributed by atoms with Crippen molar-refractivity contribution in [2.45, 2.75) is 27.2 Å². The summed E-state index contributed by atoms with van der Waals surface area (Å²) in [6, 6.07) is 6.22. The molecule has 0 saturated heterocycles. The van der Waals surface area contributed by atoms with E-state index >= 15 is 0 Å². The number of phenols is 1. The highest BCUT2D eigenvalue weighted by Crippen LogP contribution is 2.22. The minimum Gasteiger partial charge on any atom is -0.508 e. The van der Waals surface area contributed by atoms with Crippen LogP contribution in [0.15, 0.2) is 24.3 Å². The number of esters is 1. The molecule has 0 aliphatic heterocycles. The summed E-state index contributed by atoms with van der Waals surface area (Å²) in [4.78, 5) is 11.4. The highest BCUT2D eigenvalue weighted by atomic mass is 16.5. The van der Waals surface area contributed by atoms with Crippen molar-refractivity contribution >= 4 is 5.97 Å². The Morgan fingerprint density at radius 2 is 2.07 bits per heavy atom. The lowest BCUT2D eigenvalue weighted by molar-refractivity contribution is -0.136. The summed E-state index contributed by atoms with van der Waals surface area (Å²) >= 11 is 0. The van der Waals surface area contributed by atoms with Gasteiger partial charge in [-0.1, -0.05) is 26.8 Å². The average Bonchev–Trinajstić information content (AvgIpc) is 1.99. The SMILES string of the molecule is CC(C)(C)CC(=O)Oc1cccc(O)c1. The molecular weight excluding hydrogens is 192 g/mol. The summed E-state index contributed by atoms with van der Waals surface area (Å²) in [7, 11) is 0. The lowest BCUT2D eigenvalue weighted by Gasteiger charge is -2.16. The van der Waals surface area contributed by atoms with Crippen LogP contribution in [-0.4, -0.2) is 11.1 Å². The number of carbonyl (C=O) groups excluding carboxylic acids is 1. The molecule has 0 radical (unpaired) electrons. The maximum absolute atomic E-state index is 11.4. The van der Waals surface area contributed by atoms with E-state index in [1.54, 1.807) is 12.1 Å². The summed E-state index contributed by atoms with van der Waals surface area (Å²) in [5.41, 5.74) is -0.0894. The van der Waals surface area contributed by atoms with Gasteiger partial charge in [-0.25, -0.2) is 0 Å². The van der Waals surface area contributed by atoms with Crippen LogP contribution in [0.4, 0.5) is 0 Å². The van der Waals surface area contributed by atoms with E-state index in [0.717, 1.165) is 0 Å². The molecular formula is C12H16O3. The van der Waals surface area contributed by atoms with Gasteiger partial charge in [-0.05, 0) is 17.5 Å². The summed E-state index contributed by atoms with van der Waals surface area (Å²) in [6.07, 6.45) is 0.350. The van der Waals surface area contributed by atoms with E-state index in [9.17, 15) is 4.79 Å². The summed E-state index contributed by atoms with van der Waals surface area (Å²) < 4.78 is 5.07. The van der Waals surface area contributed by atoms with Crippen LogP contribution in [0.1, 0.15) is 27.2 Å². The highest BCUT2D eigenvalue weighted by Gasteiger charge is 2.17. The van der Waals surface area contributed by atoms with Crippen molar-refractivity contribution in [2.75, 3.05) is 0 Å². The summed E-state index contributed by atoms with van der Waals surface area (Å²) in [6.45, 7) is 5.91. The molecule has 0 unspecified atom stereocenters. The molecule has 82 valence electrons. The zero-order valence-corrected chi connectivity index (χ0v) is 9.28. The molecule has 0 spiro atoms. The molecule has 15 heavy (non-hydrogen) atoms. The number of rotatable bonds is 2. The molecule has 1 aromatic carbocycles. The van der Waals surface area contributed by atoms with Crippen LogP contribution >= 0.6 is 0 Å². The van der Waals surface area contributed by atoms with Gasteiger partial charge in [0.25, 0.3) is 0 Å². The fourth-order valence-electron chi connectivity index (χ4n) is 1.15. The first-order chi connectivity index (χ1) is 6.87. The third-order valence-corrected chi connectivity index (χ3v) is 1.72. The summed E-state index contributed by atoms with van der Waals surface area (Å²) in [5, 5.41) is 9.17. The van der Waals surface area contributed by atoms with Gasteiger partial charge in [0.05, 0.1) is 6.42 Å². The van der Waals surface area contributed by atoms with Gasteiger partial charge in [-0.15, -0.1) is 0 Å². The van der Waals surface area contributed by atoms with Gasteiger partial charge in [0.1, 0.15) is 11.5 Å². The number of phenolic OH excluding ortho intramolecular Hbond substituents is 1. The first kappa shape index (κ1) is 11.6. The van der Waals surface area contributed by atoms with Gasteiger partial charge in [0, 0.05) is 6.07 Å². The fourth-order valence-corrected chi connectivity index (χ4v) is 1.15. The van der Waals surface area contributed by atoms with E-state index in [1.807, 2.05) is 20.8 Å². The predicted molar refractivity (Wildman–Crippen MR) is 57.8 cm³/mol. The topological polar surface area (TPSA) is 46.5 Å². The molecule has 0 aromatic heterocycles. The Hall–Kier alpha value is -1.51. The Bertz CT molecular complexity index is 350. The van der Waals surface area contributed by atoms with Gasteiger partial charge >= 0.3 is 5.97 Å². The molecule has 1 aromatic rings. The van der Waals surface area contributed by atoms with Crippen LogP contribution in [0.5, 0.6) is 11.5 Å². The van der Waals surface area contributed by atoms with E-state index in [2.05, 4.69) is 0 Å². The molecule has 0 fully saturated rings. The minimum atomic E-state index is -0.284. The number of carbonyl (C=O) groups is 1. The predicted octanol–water partition coefficient (Wildman–Crippen LogP) is 2.73. The van der Waals surface area contributed by atoms with Crippen LogP contribution < -0.4 is 4.74 Å². The third-order valence-electron chi connectivity index (χ3n) is 1.72. The van der Waals surface area contributed by atoms with Crippen molar-refractivity contribution in [1.29, 1.82) is 0 Å². The maximum Gasteiger partial charge on any atom is 0.311 e. The number of ether oxygens (including phenoxy) is 1. The molecule has 1 N–H and O–H groups in total. The molecule has 1 rings (SSSR count). The largest absolute Gasteiger partial charge is 0.508 e. The van der Waals surface area contributed by atoms with Gasteiger partial charge in [0.15, 0.2) is 0 Å². The second-order valence-corrected chi connectivity index (χ2v) is 4.71. The molecule has 0 amide bonds. The van der Waals surface area contributed by atoms with Crippen molar-refractivity contribution < 1.29 is 14.6 Å². The van der Waals surface area contributed by atoms with E-state index in [4.69, 9.17) is 9.84 Å². The zero-order chi connectivity index (χ0) is 11.5. The quantitative estimate of drug-likeness (QED) is 0.600. The van der Waals surface area contributed by atoms with Crippen molar-refractivity contribution in [3.05, 3.63) is 24.3 Å². The standard InChI is InChI=1S/C12H16O3/c1-12(2,3)8-11(14)15-10-6-4-5-9(13)7-10/h4-7,13H,8H2,1-3H3. The second kappa shape index (κ2) is 4.34. The number of hydrogen-bond acceptors (Lipinski definition) is 3. The zero-order valence-electron chi connectivity index (χ0n) is 9.28. The summed E-state index contributed by atoms with van der Waals surface area (Å²) in [5.74, 6) is 0.188. The molecule has 0 aliphatic carbocycles. The molecule has 0 heterocycles. The van der Waals surface area contributed by atoms with Gasteiger partial charge in [-0.3, -0.25) is 4.79 Å². The van der Waals surface area contributed by atoms with E-state index in [1.165, 1.54) is 12.1 Å². The molecule has 0 bridgehead atoms. The third kappa shape index (κ3) is 4.49. The Kier molecular flexibility index (Phi) is 3.35. The minimum absolute atomic E-state index is 0.0894. The molecule has 3 nitrogen and oxygen atoms in total. The van der Waals surface area contributed by atoms with Crippen molar-refractivity contribution in [3.8, 4) is 11.5 Å². The molecule has 0 atom stereocenters. The molecule has 3 heteroatoms. The number of hydrogen-bond donors (Lipinski definition) is 1. The fraction of sp³-hybridized carbons (Fsp3) is 0.417. The van der Waals surface area contributed by atoms with Crippen LogP contribution in [-0.2, 0) is 4.79 Å². The average molecular weight is 208 g/mol. The smallest absolute Gasteiger partial charge is 0.311 e. The first-order valence-corrected chi connectivity index (χ1v) is 4.86. The number of benzene rings is 1. The van der Waals surface area contributed by atoms with E-state index in [-0.39, 0.29) is 17.1 Å². The Labute approximate surface area is 89.7 Å². The maximum atomic E-state index is 11.4. The van der Waals surface area contributed by atoms with Crippen molar-refractivity contribution in [2.24, 2.45) is 5.41 Å². The Morgan fingerprint density at radius 1 is 1.40 bits per heavy atom. The van der Waals surface area contributed by atoms with Gasteiger partial charge < -0.3 is 9.84 Å². The van der Waals surface area contributed by atoms with Crippen LogP contribution in [0.2, 0.25) is 0 Å². The highest BCUT2D eigenvalue weighted by molar-refractivity contribution is 5.73. The van der Waals surface area contributed by atoms with Crippen LogP contribution in [0.25, 0.3) is 0 Å². The molecule has 0 saturated carbocycles. The lowest BCUT2D eigenvalue weighted by atomic mass is 9.92. The van der Waals surface area contributed by atoms with Crippen molar-refractivity contribution in [3.63, 3.8) is 0 Å². The van der Waals surface area contributed by atoms with Crippen molar-refractivity contribution in [1.82, 2.24) is 0 Å². The second-order valence-electron chi connectivity index (χ2n) is 4.71. The Morgan fingerprint density at radius 3 is 2.60 bits per heavy atom. The number of aromatic hydroxyl groups is 1. The van der Waals surface area contributed by atoms with Gasteiger partial charge in [0.2, 0.25) is 0 Å². The van der Waals surface area contributed by atoms with E-state index in [0.29, 0.717) is 12.2 Å². The molecule has 0 aliphatic rings.